The Morgan fingerprint density at radius 2 is 0.845 bits per heavy atom. The number of carbonyl (C=O) groups is 1. The molecular weight excluding hydrogens is 1390 g/mol. The highest BCUT2D eigenvalue weighted by atomic mass is 16.5. The predicted octanol–water partition coefficient (Wildman–Crippen LogP) is 18.4. The van der Waals surface area contributed by atoms with E-state index in [1.54, 1.807) is 98.9 Å². The Hall–Kier alpha value is -13.1. The molecule has 0 radical (unpaired) electrons. The molecule has 564 valence electrons. The van der Waals surface area contributed by atoms with Gasteiger partial charge in [-0.25, -0.2) is 4.98 Å². The highest BCUT2D eigenvalue weighted by Gasteiger charge is 2.13. The van der Waals surface area contributed by atoms with Gasteiger partial charge < -0.3 is 78.7 Å². The predicted molar refractivity (Wildman–Crippen MR) is 428 cm³/mol. The molecule has 22 heteroatoms. The number of H-pyrrole nitrogens is 6. The van der Waals surface area contributed by atoms with E-state index in [2.05, 4.69) is 67.3 Å². The lowest BCUT2D eigenvalue weighted by Gasteiger charge is -2.01. The number of fused-ring (bicyclic) bond motifs is 6. The first kappa shape index (κ1) is 76.6. The quantitative estimate of drug-likeness (QED) is 0.0224. The number of nitrogens with zero attached hydrogens (tertiary/aromatic N) is 5. The second kappa shape index (κ2) is 39.0. The zero-order valence-corrected chi connectivity index (χ0v) is 61.3. The molecule has 0 aliphatic heterocycles. The van der Waals surface area contributed by atoms with E-state index in [0.717, 1.165) is 197 Å². The van der Waals surface area contributed by atoms with Crippen molar-refractivity contribution < 1.29 is 53.6 Å². The molecule has 22 nitrogen and oxygen atoms in total. The van der Waals surface area contributed by atoms with Gasteiger partial charge in [0.2, 0.25) is 0 Å². The van der Waals surface area contributed by atoms with Crippen LogP contribution in [0.3, 0.4) is 0 Å². The largest absolute Gasteiger partial charge is 0.508 e. The molecule has 0 spiro atoms. The number of phenolic OH excluding ortho intramolecular Hbond substituents is 6. The fourth-order valence-electron chi connectivity index (χ4n) is 13.4. The molecule has 17 aromatic rings. The maximum absolute atomic E-state index is 11.8. The molecule has 0 atom stereocenters. The third-order valence-electron chi connectivity index (χ3n) is 19.0. The number of carbonyl (C=O) groups excluding carboxylic acids is 1. The topological polar surface area (TPSA) is 346 Å². The minimum atomic E-state index is 0.191. The van der Waals surface area contributed by atoms with E-state index in [-0.39, 0.29) is 11.5 Å². The Labute approximate surface area is 634 Å². The van der Waals surface area contributed by atoms with Crippen LogP contribution < -0.4 is 0 Å². The van der Waals surface area contributed by atoms with Crippen LogP contribution >= 0.6 is 0 Å². The summed E-state index contributed by atoms with van der Waals surface area (Å²) in [5, 5.41) is 71.1. The van der Waals surface area contributed by atoms with Crippen molar-refractivity contribution in [3.8, 4) is 34.5 Å². The number of hydrogen-bond donors (Lipinski definition) is 12. The maximum Gasteiger partial charge on any atom is 0.193 e. The number of hydrogen-bond acceptors (Lipinski definition) is 16. The summed E-state index contributed by atoms with van der Waals surface area (Å²) < 4.78 is 20.0. The molecule has 0 saturated carbocycles. The van der Waals surface area contributed by atoms with Gasteiger partial charge in [-0.3, -0.25) is 14.8 Å². The molecule has 0 amide bonds. The van der Waals surface area contributed by atoms with Crippen molar-refractivity contribution in [2.45, 2.75) is 116 Å². The number of aromatic nitrogens is 11. The van der Waals surface area contributed by atoms with Crippen molar-refractivity contribution in [1.82, 2.24) is 55.2 Å². The molecule has 0 aliphatic rings. The van der Waals surface area contributed by atoms with Crippen LogP contribution in [0.5, 0.6) is 34.5 Å². The number of rotatable bonds is 26. The summed E-state index contributed by atoms with van der Waals surface area (Å²) in [6.45, 7) is 0.612. The van der Waals surface area contributed by atoms with E-state index in [1.807, 2.05) is 128 Å². The highest BCUT2D eigenvalue weighted by Crippen LogP contribution is 2.30. The molecule has 12 N–H and O–H groups in total. The molecule has 0 aliphatic carbocycles. The molecule has 0 unspecified atom stereocenters. The minimum Gasteiger partial charge on any atom is -0.508 e. The Kier molecular flexibility index (Phi) is 27.1. The summed E-state index contributed by atoms with van der Waals surface area (Å²) in [4.78, 5) is 43.5. The molecule has 11 heterocycles. The van der Waals surface area contributed by atoms with Crippen LogP contribution in [0.2, 0.25) is 0 Å². The Morgan fingerprint density at radius 1 is 0.400 bits per heavy atom. The van der Waals surface area contributed by atoms with Crippen molar-refractivity contribution >= 4 is 71.2 Å². The van der Waals surface area contributed by atoms with Crippen LogP contribution in [-0.4, -0.2) is 105 Å². The van der Waals surface area contributed by atoms with Gasteiger partial charge in [-0.1, -0.05) is 22.4 Å². The monoisotopic (exact) mass is 1480 g/mol. The first-order valence-corrected chi connectivity index (χ1v) is 37.0. The van der Waals surface area contributed by atoms with Gasteiger partial charge in [0.15, 0.2) is 5.89 Å². The molecular formula is C88H91N11O11. The van der Waals surface area contributed by atoms with E-state index in [1.165, 1.54) is 33.4 Å². The third kappa shape index (κ3) is 22.0. The normalized spacial score (nSPS) is 11.0. The third-order valence-corrected chi connectivity index (χ3v) is 19.0. The Bertz CT molecular complexity index is 5200. The number of nitrogens with one attached hydrogen (secondary N) is 6. The Balaban J connectivity index is 0.000000123. The minimum absolute atomic E-state index is 0.191. The molecule has 11 aromatic heterocycles. The summed E-state index contributed by atoms with van der Waals surface area (Å²) in [6.07, 6.45) is 40.2. The van der Waals surface area contributed by atoms with Gasteiger partial charge in [0.25, 0.3) is 0 Å². The second-order valence-electron chi connectivity index (χ2n) is 26.9. The van der Waals surface area contributed by atoms with Crippen LogP contribution in [0.25, 0.3) is 65.4 Å². The van der Waals surface area contributed by atoms with Crippen LogP contribution in [0, 0.1) is 0 Å². The highest BCUT2D eigenvalue weighted by molar-refractivity contribution is 5.91. The van der Waals surface area contributed by atoms with Gasteiger partial charge in [0, 0.05) is 178 Å². The van der Waals surface area contributed by atoms with Gasteiger partial charge in [-0.05, 0) is 256 Å². The van der Waals surface area contributed by atoms with Gasteiger partial charge >= 0.3 is 0 Å². The summed E-state index contributed by atoms with van der Waals surface area (Å²) >= 11 is 0. The van der Waals surface area contributed by atoms with Crippen LogP contribution in [-0.2, 0) is 80.2 Å². The van der Waals surface area contributed by atoms with Crippen LogP contribution in [0.4, 0.5) is 0 Å². The van der Waals surface area contributed by atoms with E-state index < -0.39 is 0 Å². The van der Waals surface area contributed by atoms with Gasteiger partial charge in [0.05, 0.1) is 18.1 Å². The van der Waals surface area contributed by atoms with Gasteiger partial charge in [0.1, 0.15) is 58.6 Å². The molecule has 17 rings (SSSR count). The summed E-state index contributed by atoms with van der Waals surface area (Å²) in [5.41, 5.74) is 16.8. The molecule has 110 heavy (non-hydrogen) atoms. The standard InChI is InChI=1S/2C16H16N2O.3C14H14N2O2.C14H17NO3/c19-14-6-7-16-15(9-14)13(11-18-16)5-1-3-12-4-2-8-17-10-12;19-14-7-8-16-15(10-14)12(11-18-16)4-3-6-13-5-1-2-9-17-13;17-11-4-5-13-12(8-11)10(9-16-13)2-1-3-14-15-6-7-18-14;17-11-4-5-14-13(8-11)10(9-15-14)2-1-3-12-6-7-16-18-12;17-12-4-5-14-13(8-12)10(9-15-14)2-1-3-11-6-7-18-16-11;1-18-6-2-3-11(16)7-10-9-15-14-5-4-12(17)8-13(10)14/h2,4,6-11,18-19H,1,3,5H2;1-2,5,7-11,18-19H,3-4,6H2;4-9,16-17H,1-3H2;2*4-9,15,17H,1-3H2;4-5,8-9,15,17H,2-3,6-7H2,1H3. The van der Waals surface area contributed by atoms with Crippen molar-refractivity contribution in [1.29, 1.82) is 0 Å². The van der Waals surface area contributed by atoms with Crippen molar-refractivity contribution in [2.24, 2.45) is 0 Å². The Morgan fingerprint density at radius 3 is 1.25 bits per heavy atom. The molecule has 0 fully saturated rings. The van der Waals surface area contributed by atoms with E-state index >= 15 is 0 Å². The maximum atomic E-state index is 11.8. The number of pyridine rings is 2. The van der Waals surface area contributed by atoms with Crippen molar-refractivity contribution in [2.75, 3.05) is 13.7 Å². The fourth-order valence-corrected chi connectivity index (χ4v) is 13.4. The number of methoxy groups -OCH3 is 1. The lowest BCUT2D eigenvalue weighted by Crippen LogP contribution is -2.03. The van der Waals surface area contributed by atoms with Crippen LogP contribution in [0.1, 0.15) is 107 Å². The lowest BCUT2D eigenvalue weighted by molar-refractivity contribution is -0.118. The zero-order valence-electron chi connectivity index (χ0n) is 61.3. The van der Waals surface area contributed by atoms with Crippen LogP contribution in [0.15, 0.2) is 246 Å². The molecule has 0 saturated heterocycles. The average molecular weight is 1480 g/mol. The number of benzene rings is 6. The molecule has 6 aromatic carbocycles. The number of aryl methyl sites for hydroxylation is 10. The van der Waals surface area contributed by atoms with Gasteiger partial charge in [-0.15, -0.1) is 0 Å². The average Bonchev–Trinajstić information content (AvgIpc) is 1.71. The summed E-state index contributed by atoms with van der Waals surface area (Å²) in [6, 6.07) is 46.0. The number of aromatic hydroxyl groups is 6. The van der Waals surface area contributed by atoms with Crippen molar-refractivity contribution in [3.05, 3.63) is 294 Å². The second-order valence-corrected chi connectivity index (χ2v) is 26.9. The number of ether oxygens (including phenoxy) is 1. The van der Waals surface area contributed by atoms with E-state index in [9.17, 15) is 35.4 Å². The van der Waals surface area contributed by atoms with E-state index in [0.29, 0.717) is 48.2 Å². The van der Waals surface area contributed by atoms with Crippen molar-refractivity contribution in [3.63, 3.8) is 0 Å². The fraction of sp³-hybridized carbons (Fsp3) is 0.227. The zero-order chi connectivity index (χ0) is 76.2. The first-order chi connectivity index (χ1) is 53.8. The summed E-state index contributed by atoms with van der Waals surface area (Å²) in [7, 11) is 1.63. The number of oxazole rings is 1. The van der Waals surface area contributed by atoms with E-state index in [4.69, 9.17) is 18.2 Å². The first-order valence-electron chi connectivity index (χ1n) is 37.0. The SMILES string of the molecule is COCCCC(=O)Cc1c[nH]c2ccc(O)cc12.Oc1ccc2[nH]cc(CCCc3ccccn3)c2c1.Oc1ccc2[nH]cc(CCCc3cccnc3)c2c1.Oc1ccc2[nH]cc(CCCc3ccno3)c2c1.Oc1ccc2[nH]cc(CCCc3ccon3)c2c1.Oc1ccc2[nH]cc(CCCc3ncco3)c2c1. The number of Topliss-reactive ketones (excluding diaryl/α,β-unsaturated/α-hetero) is 1. The molecule has 0 bridgehead atoms. The lowest BCUT2D eigenvalue weighted by atomic mass is 10.0. The smallest absolute Gasteiger partial charge is 0.193 e. The number of phenols is 6. The number of ketones is 1. The summed E-state index contributed by atoms with van der Waals surface area (Å²) in [5.74, 6) is 3.65. The van der Waals surface area contributed by atoms with Gasteiger partial charge in [-0.2, -0.15) is 0 Å². The number of aromatic amines is 6.